The van der Waals surface area contributed by atoms with Crippen molar-refractivity contribution < 1.29 is 9.18 Å². The van der Waals surface area contributed by atoms with Crippen molar-refractivity contribution in [1.29, 1.82) is 0 Å². The number of carbonyl (C=O) groups is 1. The van der Waals surface area contributed by atoms with Crippen LogP contribution in [0.15, 0.2) is 30.9 Å². The Hall–Kier alpha value is -2.57. The molecule has 7 heteroatoms. The average molecular weight is 287 g/mol. The molecule has 3 heterocycles. The lowest BCUT2D eigenvalue weighted by Gasteiger charge is -2.14. The lowest BCUT2D eigenvalue weighted by atomic mass is 10.2. The summed E-state index contributed by atoms with van der Waals surface area (Å²) >= 11 is 0. The summed E-state index contributed by atoms with van der Waals surface area (Å²) in [7, 11) is 0. The topological polar surface area (TPSA) is 71.0 Å². The van der Waals surface area contributed by atoms with Crippen LogP contribution in [0.2, 0.25) is 0 Å². The molecule has 0 aromatic carbocycles. The van der Waals surface area contributed by atoms with E-state index in [4.69, 9.17) is 0 Å². The molecule has 1 aliphatic rings. The highest BCUT2D eigenvalue weighted by molar-refractivity contribution is 6.03. The molecular weight excluding hydrogens is 273 g/mol. The molecule has 0 radical (unpaired) electrons. The summed E-state index contributed by atoms with van der Waals surface area (Å²) in [4.78, 5) is 26.1. The first kappa shape index (κ1) is 13.4. The van der Waals surface area contributed by atoms with Crippen LogP contribution in [-0.2, 0) is 0 Å². The lowest BCUT2D eigenvalue weighted by molar-refractivity contribution is 0.102. The minimum atomic E-state index is -0.553. The smallest absolute Gasteiger partial charge is 0.257 e. The third kappa shape index (κ3) is 3.13. The van der Waals surface area contributed by atoms with Gasteiger partial charge < -0.3 is 10.2 Å². The van der Waals surface area contributed by atoms with Crippen LogP contribution in [0, 0.1) is 5.82 Å². The first-order valence-electron chi connectivity index (χ1n) is 6.71. The quantitative estimate of drug-likeness (QED) is 0.933. The lowest BCUT2D eigenvalue weighted by Crippen LogP contribution is -2.20. The highest BCUT2D eigenvalue weighted by atomic mass is 19.1. The van der Waals surface area contributed by atoms with E-state index < -0.39 is 11.7 Å². The number of nitrogens with one attached hydrogen (secondary N) is 1. The molecule has 0 unspecified atom stereocenters. The van der Waals surface area contributed by atoms with E-state index >= 15 is 0 Å². The Morgan fingerprint density at radius 3 is 2.52 bits per heavy atom. The number of hydrogen-bond acceptors (Lipinski definition) is 5. The number of carbonyl (C=O) groups excluding carboxylic acids is 1. The van der Waals surface area contributed by atoms with Gasteiger partial charge in [0.15, 0.2) is 0 Å². The minimum absolute atomic E-state index is 0.151. The first-order valence-corrected chi connectivity index (χ1v) is 6.71. The van der Waals surface area contributed by atoms with E-state index in [1.54, 1.807) is 12.4 Å². The Morgan fingerprint density at radius 2 is 1.86 bits per heavy atom. The molecule has 21 heavy (non-hydrogen) atoms. The van der Waals surface area contributed by atoms with E-state index in [9.17, 15) is 9.18 Å². The van der Waals surface area contributed by atoms with Crippen molar-refractivity contribution in [2.75, 3.05) is 23.3 Å². The van der Waals surface area contributed by atoms with Gasteiger partial charge in [0.2, 0.25) is 5.95 Å². The molecule has 3 rings (SSSR count). The molecular formula is C14H14FN5O. The normalized spacial score (nSPS) is 14.2. The first-order chi connectivity index (χ1) is 10.2. The fourth-order valence-corrected chi connectivity index (χ4v) is 2.21. The van der Waals surface area contributed by atoms with Crippen LogP contribution in [-0.4, -0.2) is 33.9 Å². The summed E-state index contributed by atoms with van der Waals surface area (Å²) in [6.07, 6.45) is 7.74. The predicted octanol–water partition coefficient (Wildman–Crippen LogP) is 1.86. The van der Waals surface area contributed by atoms with Gasteiger partial charge in [-0.25, -0.2) is 14.4 Å². The third-order valence-corrected chi connectivity index (χ3v) is 3.25. The molecule has 0 aliphatic carbocycles. The van der Waals surface area contributed by atoms with Gasteiger partial charge in [0, 0.05) is 19.3 Å². The van der Waals surface area contributed by atoms with Crippen molar-refractivity contribution in [2.45, 2.75) is 12.8 Å². The fourth-order valence-electron chi connectivity index (χ4n) is 2.21. The van der Waals surface area contributed by atoms with Crippen molar-refractivity contribution in [3.8, 4) is 0 Å². The SMILES string of the molecule is O=C(Nc1cnc(N2CCCC2)nc1)c1cncc(F)c1. The highest BCUT2D eigenvalue weighted by Crippen LogP contribution is 2.16. The maximum absolute atomic E-state index is 13.0. The number of amides is 1. The van der Waals surface area contributed by atoms with Crippen LogP contribution in [0.25, 0.3) is 0 Å². The number of pyridine rings is 1. The molecule has 108 valence electrons. The third-order valence-electron chi connectivity index (χ3n) is 3.25. The molecule has 1 saturated heterocycles. The van der Waals surface area contributed by atoms with Crippen molar-refractivity contribution in [1.82, 2.24) is 15.0 Å². The molecule has 0 bridgehead atoms. The summed E-state index contributed by atoms with van der Waals surface area (Å²) in [5, 5.41) is 2.61. The monoisotopic (exact) mass is 287 g/mol. The second-order valence-electron chi connectivity index (χ2n) is 4.81. The van der Waals surface area contributed by atoms with E-state index in [2.05, 4.69) is 25.2 Å². The van der Waals surface area contributed by atoms with Gasteiger partial charge in [-0.3, -0.25) is 9.78 Å². The molecule has 1 fully saturated rings. The van der Waals surface area contributed by atoms with E-state index in [0.717, 1.165) is 38.2 Å². The zero-order valence-corrected chi connectivity index (χ0v) is 11.3. The number of nitrogens with zero attached hydrogens (tertiary/aromatic N) is 4. The molecule has 1 N–H and O–H groups in total. The van der Waals surface area contributed by atoms with Crippen molar-refractivity contribution >= 4 is 17.5 Å². The van der Waals surface area contributed by atoms with Gasteiger partial charge in [0.05, 0.1) is 29.8 Å². The molecule has 0 saturated carbocycles. The van der Waals surface area contributed by atoms with Gasteiger partial charge in [-0.2, -0.15) is 0 Å². The molecule has 1 aliphatic heterocycles. The Bertz CT molecular complexity index is 640. The largest absolute Gasteiger partial charge is 0.341 e. The predicted molar refractivity (Wildman–Crippen MR) is 75.6 cm³/mol. The van der Waals surface area contributed by atoms with E-state index in [1.165, 1.54) is 6.20 Å². The van der Waals surface area contributed by atoms with E-state index in [0.29, 0.717) is 11.6 Å². The van der Waals surface area contributed by atoms with Crippen LogP contribution in [0.3, 0.4) is 0 Å². The zero-order valence-electron chi connectivity index (χ0n) is 11.3. The van der Waals surface area contributed by atoms with Gasteiger partial charge in [0.25, 0.3) is 5.91 Å². The van der Waals surface area contributed by atoms with Crippen LogP contribution in [0.5, 0.6) is 0 Å². The molecule has 2 aromatic rings. The zero-order chi connectivity index (χ0) is 14.7. The van der Waals surface area contributed by atoms with Crippen LogP contribution < -0.4 is 10.2 Å². The maximum Gasteiger partial charge on any atom is 0.257 e. The summed E-state index contributed by atoms with van der Waals surface area (Å²) in [6.45, 7) is 1.92. The number of aromatic nitrogens is 3. The van der Waals surface area contributed by atoms with E-state index in [1.807, 2.05) is 0 Å². The Morgan fingerprint density at radius 1 is 1.14 bits per heavy atom. The Balaban J connectivity index is 1.68. The molecule has 0 atom stereocenters. The summed E-state index contributed by atoms with van der Waals surface area (Å²) in [6, 6.07) is 1.13. The van der Waals surface area contributed by atoms with Crippen molar-refractivity contribution in [2.24, 2.45) is 0 Å². The molecule has 2 aromatic heterocycles. The highest BCUT2D eigenvalue weighted by Gasteiger charge is 2.15. The number of halogens is 1. The van der Waals surface area contributed by atoms with E-state index in [-0.39, 0.29) is 5.56 Å². The van der Waals surface area contributed by atoms with Crippen molar-refractivity contribution in [3.63, 3.8) is 0 Å². The summed E-state index contributed by atoms with van der Waals surface area (Å²) < 4.78 is 13.0. The standard InChI is InChI=1S/C14H14FN5O/c15-11-5-10(6-16-7-11)13(21)19-12-8-17-14(18-9-12)20-3-1-2-4-20/h5-9H,1-4H2,(H,19,21). The van der Waals surface area contributed by atoms with Gasteiger partial charge in [0.1, 0.15) is 5.82 Å². The number of rotatable bonds is 3. The molecule has 6 nitrogen and oxygen atoms in total. The second-order valence-corrected chi connectivity index (χ2v) is 4.81. The maximum atomic E-state index is 13.0. The Kier molecular flexibility index (Phi) is 3.72. The van der Waals surface area contributed by atoms with Gasteiger partial charge in [-0.15, -0.1) is 0 Å². The fraction of sp³-hybridized carbons (Fsp3) is 0.286. The van der Waals surface area contributed by atoms with Crippen LogP contribution in [0.1, 0.15) is 23.2 Å². The van der Waals surface area contributed by atoms with Crippen molar-refractivity contribution in [3.05, 3.63) is 42.2 Å². The van der Waals surface area contributed by atoms with Crippen LogP contribution >= 0.6 is 0 Å². The summed E-state index contributed by atoms with van der Waals surface area (Å²) in [5.41, 5.74) is 0.617. The average Bonchev–Trinajstić information content (AvgIpc) is 3.02. The van der Waals surface area contributed by atoms with Gasteiger partial charge in [-0.1, -0.05) is 0 Å². The number of hydrogen-bond donors (Lipinski definition) is 1. The molecule has 1 amide bonds. The number of anilines is 2. The Labute approximate surface area is 121 Å². The van der Waals surface area contributed by atoms with Crippen LogP contribution in [0.4, 0.5) is 16.0 Å². The van der Waals surface area contributed by atoms with Gasteiger partial charge >= 0.3 is 0 Å². The minimum Gasteiger partial charge on any atom is -0.341 e. The molecule has 0 spiro atoms. The summed E-state index contributed by atoms with van der Waals surface area (Å²) in [5.74, 6) is -0.333. The van der Waals surface area contributed by atoms with Gasteiger partial charge in [-0.05, 0) is 18.9 Å². The second kappa shape index (κ2) is 5.82.